The van der Waals surface area contributed by atoms with Crippen LogP contribution in [0.15, 0.2) is 42.5 Å². The van der Waals surface area contributed by atoms with Crippen LogP contribution in [0.2, 0.25) is 10.0 Å². The second-order valence-corrected chi connectivity index (χ2v) is 8.72. The van der Waals surface area contributed by atoms with Crippen LogP contribution in [0.5, 0.6) is 5.75 Å². The van der Waals surface area contributed by atoms with Crippen molar-refractivity contribution in [3.8, 4) is 5.75 Å². The Morgan fingerprint density at radius 1 is 1.03 bits per heavy atom. The van der Waals surface area contributed by atoms with E-state index in [-0.39, 0.29) is 11.9 Å². The minimum atomic E-state index is -1.12. The standard InChI is InChI=1S/C24H28Cl2N2O4/c1-16(29)32-23(18-8-11-20(25)21(26)14-18)24(30)27(2)22(15-28-12-4-5-13-28)17-6-9-19(31-3)10-7-17/h6-11,14,22-23H,4-5,12-13,15H2,1-3H3. The molecule has 0 bridgehead atoms. The van der Waals surface area contributed by atoms with Crippen molar-refractivity contribution in [2.45, 2.75) is 31.9 Å². The molecule has 2 aromatic carbocycles. The molecule has 0 radical (unpaired) electrons. The van der Waals surface area contributed by atoms with E-state index in [1.807, 2.05) is 24.3 Å². The quantitative estimate of drug-likeness (QED) is 0.504. The van der Waals surface area contributed by atoms with Gasteiger partial charge in [-0.1, -0.05) is 41.4 Å². The van der Waals surface area contributed by atoms with Gasteiger partial charge in [0.2, 0.25) is 6.10 Å². The average molecular weight is 479 g/mol. The van der Waals surface area contributed by atoms with E-state index < -0.39 is 12.1 Å². The molecule has 0 saturated carbocycles. The van der Waals surface area contributed by atoms with Crippen molar-refractivity contribution in [3.05, 3.63) is 63.6 Å². The van der Waals surface area contributed by atoms with Gasteiger partial charge in [0.1, 0.15) is 5.75 Å². The Morgan fingerprint density at radius 2 is 1.66 bits per heavy atom. The zero-order chi connectivity index (χ0) is 23.3. The maximum Gasteiger partial charge on any atom is 0.303 e. The molecule has 0 aromatic heterocycles. The number of methoxy groups -OCH3 is 1. The molecular weight excluding hydrogens is 451 g/mol. The smallest absolute Gasteiger partial charge is 0.303 e. The summed E-state index contributed by atoms with van der Waals surface area (Å²) in [5.41, 5.74) is 1.45. The monoisotopic (exact) mass is 478 g/mol. The Morgan fingerprint density at radius 3 is 2.22 bits per heavy atom. The van der Waals surface area contributed by atoms with Crippen molar-refractivity contribution in [2.24, 2.45) is 0 Å². The van der Waals surface area contributed by atoms with Crippen molar-refractivity contribution >= 4 is 35.1 Å². The van der Waals surface area contributed by atoms with Crippen LogP contribution in [0.25, 0.3) is 0 Å². The summed E-state index contributed by atoms with van der Waals surface area (Å²) in [6.07, 6.45) is 1.17. The molecule has 1 fully saturated rings. The number of hydrogen-bond donors (Lipinski definition) is 0. The van der Waals surface area contributed by atoms with E-state index >= 15 is 0 Å². The van der Waals surface area contributed by atoms with Crippen molar-refractivity contribution in [1.29, 1.82) is 0 Å². The van der Waals surface area contributed by atoms with Crippen LogP contribution in [0.1, 0.15) is 43.0 Å². The summed E-state index contributed by atoms with van der Waals surface area (Å²) in [5.74, 6) is -0.141. The van der Waals surface area contributed by atoms with Crippen molar-refractivity contribution < 1.29 is 19.1 Å². The molecule has 1 amide bonds. The van der Waals surface area contributed by atoms with Crippen LogP contribution in [-0.4, -0.2) is 55.5 Å². The van der Waals surface area contributed by atoms with Crippen molar-refractivity contribution in [1.82, 2.24) is 9.80 Å². The zero-order valence-corrected chi connectivity index (χ0v) is 20.0. The molecule has 0 aliphatic carbocycles. The van der Waals surface area contributed by atoms with Gasteiger partial charge in [-0.25, -0.2) is 0 Å². The fourth-order valence-corrected chi connectivity index (χ4v) is 4.23. The predicted molar refractivity (Wildman–Crippen MR) is 125 cm³/mol. The topological polar surface area (TPSA) is 59.1 Å². The number of hydrogen-bond acceptors (Lipinski definition) is 5. The van der Waals surface area contributed by atoms with Gasteiger partial charge < -0.3 is 19.3 Å². The highest BCUT2D eigenvalue weighted by Crippen LogP contribution is 2.31. The molecule has 2 aromatic rings. The van der Waals surface area contributed by atoms with Gasteiger partial charge in [-0.2, -0.15) is 0 Å². The minimum absolute atomic E-state index is 0.229. The fraction of sp³-hybridized carbons (Fsp3) is 0.417. The van der Waals surface area contributed by atoms with Gasteiger partial charge in [0.15, 0.2) is 0 Å². The number of amides is 1. The number of rotatable bonds is 8. The SMILES string of the molecule is COc1ccc(C(CN2CCCC2)N(C)C(=O)C(OC(C)=O)c2ccc(Cl)c(Cl)c2)cc1. The summed E-state index contributed by atoms with van der Waals surface area (Å²) in [6, 6.07) is 12.3. The number of nitrogens with zero attached hydrogens (tertiary/aromatic N) is 2. The van der Waals surface area contributed by atoms with Crippen molar-refractivity contribution in [3.63, 3.8) is 0 Å². The molecule has 1 saturated heterocycles. The number of likely N-dealkylation sites (tertiary alicyclic amines) is 1. The third-order valence-corrected chi connectivity index (χ3v) is 6.44. The number of ether oxygens (including phenoxy) is 2. The molecular formula is C24H28Cl2N2O4. The van der Waals surface area contributed by atoms with Gasteiger partial charge in [-0.15, -0.1) is 0 Å². The molecule has 1 aliphatic heterocycles. The number of carbonyl (C=O) groups excluding carboxylic acids is 2. The van der Waals surface area contributed by atoms with Gasteiger partial charge in [-0.05, 0) is 55.8 Å². The maximum atomic E-state index is 13.6. The van der Waals surface area contributed by atoms with Crippen LogP contribution in [-0.2, 0) is 14.3 Å². The van der Waals surface area contributed by atoms with Gasteiger partial charge in [0.05, 0.1) is 23.2 Å². The average Bonchev–Trinajstić information content (AvgIpc) is 3.30. The second-order valence-electron chi connectivity index (χ2n) is 7.91. The van der Waals surface area contributed by atoms with Crippen LogP contribution >= 0.6 is 23.2 Å². The number of benzene rings is 2. The first-order valence-electron chi connectivity index (χ1n) is 10.5. The van der Waals surface area contributed by atoms with E-state index in [1.54, 1.807) is 37.3 Å². The Balaban J connectivity index is 1.92. The van der Waals surface area contributed by atoms with E-state index in [9.17, 15) is 9.59 Å². The highest BCUT2D eigenvalue weighted by Gasteiger charge is 2.33. The molecule has 32 heavy (non-hydrogen) atoms. The lowest BCUT2D eigenvalue weighted by Crippen LogP contribution is -2.41. The Kier molecular flexibility index (Phi) is 8.40. The number of carbonyl (C=O) groups is 2. The summed E-state index contributed by atoms with van der Waals surface area (Å²) in [7, 11) is 3.36. The minimum Gasteiger partial charge on any atom is -0.497 e. The van der Waals surface area contributed by atoms with Crippen LogP contribution in [0, 0.1) is 0 Å². The molecule has 172 valence electrons. The molecule has 2 atom stereocenters. The summed E-state index contributed by atoms with van der Waals surface area (Å²) in [4.78, 5) is 29.4. The zero-order valence-electron chi connectivity index (χ0n) is 18.5. The Hall–Kier alpha value is -2.28. The van der Waals surface area contributed by atoms with Crippen LogP contribution in [0.4, 0.5) is 0 Å². The van der Waals surface area contributed by atoms with Gasteiger partial charge in [0.25, 0.3) is 5.91 Å². The van der Waals surface area contributed by atoms with E-state index in [0.717, 1.165) is 37.2 Å². The lowest BCUT2D eigenvalue weighted by Gasteiger charge is -2.34. The van der Waals surface area contributed by atoms with E-state index in [4.69, 9.17) is 32.7 Å². The summed E-state index contributed by atoms with van der Waals surface area (Å²) in [6.45, 7) is 3.95. The number of esters is 1. The summed E-state index contributed by atoms with van der Waals surface area (Å²) in [5, 5.41) is 0.656. The molecule has 1 aliphatic rings. The molecule has 1 heterocycles. The van der Waals surface area contributed by atoms with Gasteiger partial charge >= 0.3 is 5.97 Å². The number of halogens is 2. The second kappa shape index (κ2) is 11.0. The lowest BCUT2D eigenvalue weighted by atomic mass is 10.0. The van der Waals surface area contributed by atoms with Gasteiger partial charge in [0, 0.05) is 26.1 Å². The largest absolute Gasteiger partial charge is 0.497 e. The third kappa shape index (κ3) is 5.94. The third-order valence-electron chi connectivity index (χ3n) is 5.70. The van der Waals surface area contributed by atoms with Crippen molar-refractivity contribution in [2.75, 3.05) is 33.8 Å². The number of likely N-dealkylation sites (N-methyl/N-ethyl adjacent to an activating group) is 1. The maximum absolute atomic E-state index is 13.6. The highest BCUT2D eigenvalue weighted by atomic mass is 35.5. The fourth-order valence-electron chi connectivity index (χ4n) is 3.93. The predicted octanol–water partition coefficient (Wildman–Crippen LogP) is 4.90. The Bertz CT molecular complexity index is 946. The van der Waals surface area contributed by atoms with Crippen LogP contribution in [0.3, 0.4) is 0 Å². The molecule has 6 nitrogen and oxygen atoms in total. The first-order chi connectivity index (χ1) is 15.3. The molecule has 0 spiro atoms. The molecule has 3 rings (SSSR count). The summed E-state index contributed by atoms with van der Waals surface area (Å²) < 4.78 is 10.7. The first kappa shape index (κ1) is 24.4. The van der Waals surface area contributed by atoms with E-state index in [0.29, 0.717) is 22.2 Å². The lowest BCUT2D eigenvalue weighted by molar-refractivity contribution is -0.160. The van der Waals surface area contributed by atoms with E-state index in [1.165, 1.54) is 6.92 Å². The van der Waals surface area contributed by atoms with E-state index in [2.05, 4.69) is 4.90 Å². The molecule has 0 N–H and O–H groups in total. The Labute approximate surface area is 199 Å². The first-order valence-corrected chi connectivity index (χ1v) is 11.3. The normalized spacial score (nSPS) is 15.8. The molecule has 8 heteroatoms. The van der Waals surface area contributed by atoms with Gasteiger partial charge in [-0.3, -0.25) is 9.59 Å². The highest BCUT2D eigenvalue weighted by molar-refractivity contribution is 6.42. The molecule has 2 unspecified atom stereocenters. The summed E-state index contributed by atoms with van der Waals surface area (Å²) >= 11 is 12.2. The van der Waals surface area contributed by atoms with Crippen LogP contribution < -0.4 is 4.74 Å².